The lowest BCUT2D eigenvalue weighted by molar-refractivity contribution is -0.191. The van der Waals surface area contributed by atoms with E-state index in [4.69, 9.17) is 9.47 Å². The van der Waals surface area contributed by atoms with E-state index in [1.807, 2.05) is 0 Å². The van der Waals surface area contributed by atoms with E-state index in [1.165, 1.54) is 12.8 Å². The first-order valence-electron chi connectivity index (χ1n) is 9.09. The number of carbonyl (C=O) groups excluding carboxylic acids is 1. The standard InChI is InChI=1S/C18H33NO3/c1-5-6-9-19-15-11-17(20)22-18(15)21-16-10-13(4)7-8-14(16)12(2)3/h12-16,18-19H,5-11H2,1-4H3/t13-,14+,15-,16-,18-/m1/s1. The van der Waals surface area contributed by atoms with Gasteiger partial charge in [-0.25, -0.2) is 0 Å². The molecule has 1 saturated heterocycles. The molecule has 0 spiro atoms. The second kappa shape index (κ2) is 8.30. The van der Waals surface area contributed by atoms with Gasteiger partial charge in [-0.2, -0.15) is 0 Å². The molecule has 0 radical (unpaired) electrons. The van der Waals surface area contributed by atoms with Crippen molar-refractivity contribution >= 4 is 5.97 Å². The lowest BCUT2D eigenvalue weighted by atomic mass is 9.75. The summed E-state index contributed by atoms with van der Waals surface area (Å²) in [6.45, 7) is 9.93. The molecule has 0 unspecified atom stereocenters. The van der Waals surface area contributed by atoms with Crippen LogP contribution in [0.5, 0.6) is 0 Å². The molecule has 128 valence electrons. The van der Waals surface area contributed by atoms with Gasteiger partial charge in [0.15, 0.2) is 0 Å². The van der Waals surface area contributed by atoms with Crippen molar-refractivity contribution in [1.82, 2.24) is 5.32 Å². The highest BCUT2D eigenvalue weighted by Crippen LogP contribution is 2.37. The molecule has 1 aliphatic carbocycles. The largest absolute Gasteiger partial charge is 0.434 e. The van der Waals surface area contributed by atoms with Crippen LogP contribution in [0.15, 0.2) is 0 Å². The van der Waals surface area contributed by atoms with E-state index < -0.39 is 6.29 Å². The van der Waals surface area contributed by atoms with E-state index in [0.29, 0.717) is 24.2 Å². The van der Waals surface area contributed by atoms with E-state index in [9.17, 15) is 4.79 Å². The van der Waals surface area contributed by atoms with E-state index in [-0.39, 0.29) is 18.1 Å². The van der Waals surface area contributed by atoms with Gasteiger partial charge in [0.25, 0.3) is 0 Å². The van der Waals surface area contributed by atoms with Crippen LogP contribution >= 0.6 is 0 Å². The summed E-state index contributed by atoms with van der Waals surface area (Å²) in [5.41, 5.74) is 0. The molecule has 2 fully saturated rings. The van der Waals surface area contributed by atoms with Gasteiger partial charge < -0.3 is 14.8 Å². The number of nitrogens with one attached hydrogen (secondary N) is 1. The highest BCUT2D eigenvalue weighted by atomic mass is 16.7. The lowest BCUT2D eigenvalue weighted by Gasteiger charge is -2.38. The van der Waals surface area contributed by atoms with Crippen LogP contribution in [0.1, 0.15) is 66.2 Å². The van der Waals surface area contributed by atoms with Crippen LogP contribution in [0.25, 0.3) is 0 Å². The van der Waals surface area contributed by atoms with E-state index in [2.05, 4.69) is 33.0 Å². The van der Waals surface area contributed by atoms with Crippen molar-refractivity contribution in [2.24, 2.45) is 17.8 Å². The molecule has 1 saturated carbocycles. The molecular weight excluding hydrogens is 278 g/mol. The maximum atomic E-state index is 11.7. The van der Waals surface area contributed by atoms with Crippen molar-refractivity contribution in [2.45, 2.75) is 84.7 Å². The first-order valence-corrected chi connectivity index (χ1v) is 9.09. The van der Waals surface area contributed by atoms with Crippen LogP contribution in [-0.4, -0.2) is 30.9 Å². The number of rotatable bonds is 7. The minimum absolute atomic E-state index is 0.0177. The van der Waals surface area contributed by atoms with Crippen molar-refractivity contribution in [2.75, 3.05) is 6.54 Å². The number of unbranched alkanes of at least 4 members (excludes halogenated alkanes) is 1. The van der Waals surface area contributed by atoms with Crippen LogP contribution in [-0.2, 0) is 14.3 Å². The Morgan fingerprint density at radius 3 is 2.82 bits per heavy atom. The molecule has 1 heterocycles. The van der Waals surface area contributed by atoms with Crippen molar-refractivity contribution in [3.63, 3.8) is 0 Å². The Morgan fingerprint density at radius 2 is 2.14 bits per heavy atom. The topological polar surface area (TPSA) is 47.6 Å². The predicted molar refractivity (Wildman–Crippen MR) is 87.4 cm³/mol. The molecule has 2 rings (SSSR count). The first-order chi connectivity index (χ1) is 10.5. The zero-order valence-corrected chi connectivity index (χ0v) is 14.6. The molecule has 4 nitrogen and oxygen atoms in total. The van der Waals surface area contributed by atoms with Crippen LogP contribution in [0, 0.1) is 17.8 Å². The molecule has 4 heteroatoms. The summed E-state index contributed by atoms with van der Waals surface area (Å²) < 4.78 is 11.8. The average Bonchev–Trinajstić information content (AvgIpc) is 2.79. The fraction of sp³-hybridized carbons (Fsp3) is 0.944. The maximum absolute atomic E-state index is 11.7. The Kier molecular flexibility index (Phi) is 6.69. The average molecular weight is 311 g/mol. The molecule has 0 aromatic carbocycles. The smallest absolute Gasteiger partial charge is 0.309 e. The number of hydrogen-bond acceptors (Lipinski definition) is 4. The molecular formula is C18H33NO3. The Labute approximate surface area is 135 Å². The first kappa shape index (κ1) is 17.7. The summed E-state index contributed by atoms with van der Waals surface area (Å²) in [7, 11) is 0. The summed E-state index contributed by atoms with van der Waals surface area (Å²) in [5.74, 6) is 1.75. The SMILES string of the molecule is CCCCN[C@@H]1CC(=O)O[C@H]1O[C@@H]1C[C@H](C)CC[C@H]1C(C)C. The number of cyclic esters (lactones) is 1. The Bertz CT molecular complexity index is 358. The monoisotopic (exact) mass is 311 g/mol. The van der Waals surface area contributed by atoms with Crippen LogP contribution in [0.4, 0.5) is 0 Å². The van der Waals surface area contributed by atoms with Gasteiger partial charge >= 0.3 is 5.97 Å². The number of carbonyl (C=O) groups is 1. The molecule has 1 aliphatic heterocycles. The van der Waals surface area contributed by atoms with Gasteiger partial charge in [0.05, 0.1) is 18.6 Å². The van der Waals surface area contributed by atoms with Gasteiger partial charge in [-0.15, -0.1) is 0 Å². The van der Waals surface area contributed by atoms with E-state index >= 15 is 0 Å². The highest BCUT2D eigenvalue weighted by molar-refractivity contribution is 5.72. The fourth-order valence-corrected chi connectivity index (χ4v) is 3.73. The zero-order valence-electron chi connectivity index (χ0n) is 14.6. The van der Waals surface area contributed by atoms with Crippen molar-refractivity contribution < 1.29 is 14.3 Å². The molecule has 0 aromatic rings. The van der Waals surface area contributed by atoms with Crippen molar-refractivity contribution in [3.8, 4) is 0 Å². The molecule has 2 aliphatic rings. The number of hydrogen-bond donors (Lipinski definition) is 1. The Hall–Kier alpha value is -0.610. The minimum atomic E-state index is -0.402. The van der Waals surface area contributed by atoms with Gasteiger partial charge in [-0.3, -0.25) is 4.79 Å². The Balaban J connectivity index is 1.94. The number of esters is 1. The normalized spacial score (nSPS) is 35.9. The molecule has 0 aromatic heterocycles. The van der Waals surface area contributed by atoms with Crippen LogP contribution in [0.3, 0.4) is 0 Å². The molecule has 5 atom stereocenters. The second-order valence-corrected chi connectivity index (χ2v) is 7.48. The van der Waals surface area contributed by atoms with Gasteiger partial charge in [-0.05, 0) is 43.6 Å². The third kappa shape index (κ3) is 4.69. The third-order valence-electron chi connectivity index (χ3n) is 5.17. The fourth-order valence-electron chi connectivity index (χ4n) is 3.73. The summed E-state index contributed by atoms with van der Waals surface area (Å²) in [5, 5.41) is 3.44. The highest BCUT2D eigenvalue weighted by Gasteiger charge is 2.40. The van der Waals surface area contributed by atoms with E-state index in [0.717, 1.165) is 25.8 Å². The summed E-state index contributed by atoms with van der Waals surface area (Å²) in [6.07, 6.45) is 6.10. The predicted octanol–water partition coefficient (Wildman–Crippen LogP) is 3.50. The van der Waals surface area contributed by atoms with Crippen molar-refractivity contribution in [1.29, 1.82) is 0 Å². The maximum Gasteiger partial charge on any atom is 0.309 e. The van der Waals surface area contributed by atoms with Crippen molar-refractivity contribution in [3.05, 3.63) is 0 Å². The zero-order chi connectivity index (χ0) is 16.1. The molecule has 22 heavy (non-hydrogen) atoms. The molecule has 0 bridgehead atoms. The van der Waals surface area contributed by atoms with Gasteiger partial charge in [0.2, 0.25) is 6.29 Å². The summed E-state index contributed by atoms with van der Waals surface area (Å²) >= 11 is 0. The van der Waals surface area contributed by atoms with E-state index in [1.54, 1.807) is 0 Å². The van der Waals surface area contributed by atoms with Gasteiger partial charge in [-0.1, -0.05) is 40.5 Å². The minimum Gasteiger partial charge on any atom is -0.434 e. The quantitative estimate of drug-likeness (QED) is 0.577. The summed E-state index contributed by atoms with van der Waals surface area (Å²) in [4.78, 5) is 11.7. The molecule has 0 amide bonds. The van der Waals surface area contributed by atoms with Gasteiger partial charge in [0.1, 0.15) is 0 Å². The molecule has 1 N–H and O–H groups in total. The lowest BCUT2D eigenvalue weighted by Crippen LogP contribution is -2.44. The number of ether oxygens (including phenoxy) is 2. The van der Waals surface area contributed by atoms with Crippen LogP contribution < -0.4 is 5.32 Å². The Morgan fingerprint density at radius 1 is 1.36 bits per heavy atom. The summed E-state index contributed by atoms with van der Waals surface area (Å²) in [6, 6.07) is 0.0177. The van der Waals surface area contributed by atoms with Gasteiger partial charge in [0, 0.05) is 0 Å². The second-order valence-electron chi connectivity index (χ2n) is 7.48. The third-order valence-corrected chi connectivity index (χ3v) is 5.17. The van der Waals surface area contributed by atoms with Crippen LogP contribution in [0.2, 0.25) is 0 Å².